The van der Waals surface area contributed by atoms with Crippen LogP contribution < -0.4 is 11.1 Å². The zero-order valence-electron chi connectivity index (χ0n) is 10.7. The Hall–Kier alpha value is -0.930. The lowest BCUT2D eigenvalue weighted by Gasteiger charge is -2.21. The molecule has 3 nitrogen and oxygen atoms in total. The van der Waals surface area contributed by atoms with Gasteiger partial charge in [0.15, 0.2) is 0 Å². The highest BCUT2D eigenvalue weighted by atomic mass is 14.9. The first kappa shape index (κ1) is 13.1. The van der Waals surface area contributed by atoms with Crippen LogP contribution in [0.25, 0.3) is 0 Å². The third kappa shape index (κ3) is 3.58. The Bertz CT molecular complexity index is 334. The molecular weight excluding hydrogens is 198 g/mol. The molecule has 1 heterocycles. The van der Waals surface area contributed by atoms with E-state index in [4.69, 9.17) is 5.73 Å². The maximum Gasteiger partial charge on any atom is 0.0420 e. The van der Waals surface area contributed by atoms with Gasteiger partial charge in [0.1, 0.15) is 0 Å². The van der Waals surface area contributed by atoms with E-state index in [9.17, 15) is 0 Å². The van der Waals surface area contributed by atoms with E-state index >= 15 is 0 Å². The van der Waals surface area contributed by atoms with E-state index in [0.29, 0.717) is 18.5 Å². The molecule has 0 spiro atoms. The maximum absolute atomic E-state index is 5.72. The fourth-order valence-electron chi connectivity index (χ4n) is 1.73. The minimum atomic E-state index is 0.376. The van der Waals surface area contributed by atoms with Crippen LogP contribution in [0.1, 0.15) is 30.8 Å². The predicted molar refractivity (Wildman–Crippen MR) is 68.2 cm³/mol. The normalized spacial score (nSPS) is 13.1. The second kappa shape index (κ2) is 5.97. The number of nitrogens with two attached hydrogens (primary N) is 1. The first-order valence-electron chi connectivity index (χ1n) is 5.91. The van der Waals surface area contributed by atoms with E-state index in [1.54, 1.807) is 0 Å². The Morgan fingerprint density at radius 3 is 2.50 bits per heavy atom. The van der Waals surface area contributed by atoms with E-state index in [1.807, 2.05) is 6.92 Å². The molecule has 3 heteroatoms. The summed E-state index contributed by atoms with van der Waals surface area (Å²) < 4.78 is 0. The van der Waals surface area contributed by atoms with Gasteiger partial charge in [-0.05, 0) is 31.4 Å². The molecule has 90 valence electrons. The van der Waals surface area contributed by atoms with Crippen molar-refractivity contribution in [1.29, 1.82) is 0 Å². The molecular formula is C13H23N3. The van der Waals surface area contributed by atoms with E-state index in [0.717, 1.165) is 17.9 Å². The summed E-state index contributed by atoms with van der Waals surface area (Å²) in [7, 11) is 0. The first-order valence-corrected chi connectivity index (χ1v) is 5.91. The minimum absolute atomic E-state index is 0.376. The van der Waals surface area contributed by atoms with Gasteiger partial charge in [0.25, 0.3) is 0 Å². The van der Waals surface area contributed by atoms with Crippen LogP contribution in [0.4, 0.5) is 0 Å². The zero-order chi connectivity index (χ0) is 12.1. The van der Waals surface area contributed by atoms with E-state index in [2.05, 4.69) is 43.2 Å². The average Bonchev–Trinajstić information content (AvgIpc) is 2.21. The Morgan fingerprint density at radius 2 is 2.00 bits per heavy atom. The number of nitrogens with one attached hydrogen (secondary N) is 1. The predicted octanol–water partition coefficient (Wildman–Crippen LogP) is 1.77. The molecule has 1 unspecified atom stereocenters. The second-order valence-corrected chi connectivity index (χ2v) is 4.66. The van der Waals surface area contributed by atoms with Crippen LogP contribution in [0, 0.1) is 19.8 Å². The van der Waals surface area contributed by atoms with Crippen molar-refractivity contribution in [3.05, 3.63) is 29.1 Å². The Labute approximate surface area is 98.5 Å². The zero-order valence-corrected chi connectivity index (χ0v) is 10.7. The molecule has 0 saturated carbocycles. The number of rotatable bonds is 5. The molecule has 0 amide bonds. The van der Waals surface area contributed by atoms with Crippen LogP contribution in [0.15, 0.2) is 12.1 Å². The molecule has 0 aliphatic heterocycles. The van der Waals surface area contributed by atoms with Crippen molar-refractivity contribution in [1.82, 2.24) is 10.3 Å². The lowest BCUT2D eigenvalue weighted by Crippen LogP contribution is -2.39. The van der Waals surface area contributed by atoms with Gasteiger partial charge in [-0.1, -0.05) is 19.9 Å². The van der Waals surface area contributed by atoms with E-state index in [1.165, 1.54) is 5.56 Å². The van der Waals surface area contributed by atoms with Crippen molar-refractivity contribution >= 4 is 0 Å². The SMILES string of the molecule is Cc1ccc(CNC(CN)C(C)C)c(C)n1. The standard InChI is InChI=1S/C13H23N3/c1-9(2)13(7-14)15-8-12-6-5-10(3)16-11(12)4/h5-6,9,13,15H,7-8,14H2,1-4H3. The summed E-state index contributed by atoms with van der Waals surface area (Å²) in [5.41, 5.74) is 9.15. The van der Waals surface area contributed by atoms with Crippen LogP contribution in [-0.4, -0.2) is 17.6 Å². The van der Waals surface area contributed by atoms with Crippen molar-refractivity contribution in [2.45, 2.75) is 40.3 Å². The van der Waals surface area contributed by atoms with Crippen molar-refractivity contribution in [3.8, 4) is 0 Å². The molecule has 3 N–H and O–H groups in total. The molecule has 1 rings (SSSR count). The summed E-state index contributed by atoms with van der Waals surface area (Å²) in [6.07, 6.45) is 0. The molecule has 0 bridgehead atoms. The lowest BCUT2D eigenvalue weighted by molar-refractivity contribution is 0.404. The lowest BCUT2D eigenvalue weighted by atomic mass is 10.0. The number of pyridine rings is 1. The smallest absolute Gasteiger partial charge is 0.0420 e. The number of nitrogens with zero attached hydrogens (tertiary/aromatic N) is 1. The van der Waals surface area contributed by atoms with Gasteiger partial charge in [-0.25, -0.2) is 0 Å². The molecule has 1 atom stereocenters. The van der Waals surface area contributed by atoms with Crippen molar-refractivity contribution in [3.63, 3.8) is 0 Å². The topological polar surface area (TPSA) is 50.9 Å². The molecule has 16 heavy (non-hydrogen) atoms. The highest BCUT2D eigenvalue weighted by Crippen LogP contribution is 2.07. The average molecular weight is 221 g/mol. The Kier molecular flexibility index (Phi) is 4.90. The number of hydrogen-bond donors (Lipinski definition) is 2. The summed E-state index contributed by atoms with van der Waals surface area (Å²) in [6.45, 7) is 9.96. The number of aryl methyl sites for hydroxylation is 2. The summed E-state index contributed by atoms with van der Waals surface area (Å²) in [5, 5.41) is 3.48. The number of hydrogen-bond acceptors (Lipinski definition) is 3. The van der Waals surface area contributed by atoms with Crippen LogP contribution >= 0.6 is 0 Å². The molecule has 0 aliphatic rings. The highest BCUT2D eigenvalue weighted by Gasteiger charge is 2.10. The van der Waals surface area contributed by atoms with Gasteiger partial charge in [-0.15, -0.1) is 0 Å². The Balaban J connectivity index is 2.60. The Morgan fingerprint density at radius 1 is 1.31 bits per heavy atom. The van der Waals surface area contributed by atoms with Gasteiger partial charge in [-0.2, -0.15) is 0 Å². The van der Waals surface area contributed by atoms with Gasteiger partial charge in [0.2, 0.25) is 0 Å². The van der Waals surface area contributed by atoms with Gasteiger partial charge in [0.05, 0.1) is 0 Å². The van der Waals surface area contributed by atoms with Crippen LogP contribution in [-0.2, 0) is 6.54 Å². The third-order valence-electron chi connectivity index (χ3n) is 2.95. The first-order chi connectivity index (χ1) is 7.54. The number of aromatic nitrogens is 1. The van der Waals surface area contributed by atoms with Gasteiger partial charge >= 0.3 is 0 Å². The fourth-order valence-corrected chi connectivity index (χ4v) is 1.73. The largest absolute Gasteiger partial charge is 0.329 e. The van der Waals surface area contributed by atoms with Crippen LogP contribution in [0.5, 0.6) is 0 Å². The highest BCUT2D eigenvalue weighted by molar-refractivity contribution is 5.21. The van der Waals surface area contributed by atoms with Gasteiger partial charge in [-0.3, -0.25) is 4.98 Å². The summed E-state index contributed by atoms with van der Waals surface area (Å²) in [5.74, 6) is 0.559. The minimum Gasteiger partial charge on any atom is -0.329 e. The maximum atomic E-state index is 5.72. The molecule has 0 aliphatic carbocycles. The molecule has 1 aromatic rings. The van der Waals surface area contributed by atoms with E-state index < -0.39 is 0 Å². The van der Waals surface area contributed by atoms with Crippen molar-refractivity contribution < 1.29 is 0 Å². The van der Waals surface area contributed by atoms with Crippen molar-refractivity contribution in [2.24, 2.45) is 11.7 Å². The molecule has 0 radical (unpaired) electrons. The van der Waals surface area contributed by atoms with Crippen LogP contribution in [0.3, 0.4) is 0 Å². The quantitative estimate of drug-likeness (QED) is 0.796. The molecule has 0 saturated heterocycles. The summed E-state index contributed by atoms with van der Waals surface area (Å²) in [4.78, 5) is 4.45. The molecule has 1 aromatic heterocycles. The van der Waals surface area contributed by atoms with Crippen LogP contribution in [0.2, 0.25) is 0 Å². The van der Waals surface area contributed by atoms with Gasteiger partial charge in [0, 0.05) is 30.5 Å². The molecule has 0 fully saturated rings. The second-order valence-electron chi connectivity index (χ2n) is 4.66. The fraction of sp³-hybridized carbons (Fsp3) is 0.615. The van der Waals surface area contributed by atoms with Crippen molar-refractivity contribution in [2.75, 3.05) is 6.54 Å². The monoisotopic (exact) mass is 221 g/mol. The van der Waals surface area contributed by atoms with Gasteiger partial charge < -0.3 is 11.1 Å². The molecule has 0 aromatic carbocycles. The third-order valence-corrected chi connectivity index (χ3v) is 2.95. The summed E-state index contributed by atoms with van der Waals surface area (Å²) in [6, 6.07) is 4.57. The summed E-state index contributed by atoms with van der Waals surface area (Å²) >= 11 is 0. The van der Waals surface area contributed by atoms with E-state index in [-0.39, 0.29) is 0 Å².